The van der Waals surface area contributed by atoms with Crippen molar-refractivity contribution < 1.29 is 19.1 Å². The van der Waals surface area contributed by atoms with Crippen LogP contribution in [0.2, 0.25) is 0 Å². The number of unbranched alkanes of at least 4 members (excludes halogenated alkanes) is 1. The molecule has 1 aromatic heterocycles. The maximum Gasteiger partial charge on any atom is 0.255 e. The molecule has 0 saturated heterocycles. The van der Waals surface area contributed by atoms with E-state index >= 15 is 0 Å². The van der Waals surface area contributed by atoms with Gasteiger partial charge in [-0.05, 0) is 55.7 Å². The number of anilines is 1. The molecule has 1 aliphatic carbocycles. The van der Waals surface area contributed by atoms with E-state index in [4.69, 9.17) is 32.8 Å². The van der Waals surface area contributed by atoms with Gasteiger partial charge in [-0.1, -0.05) is 76.9 Å². The average Bonchev–Trinajstić information content (AvgIpc) is 3.36. The summed E-state index contributed by atoms with van der Waals surface area (Å²) in [6.45, 7) is 10.9. The van der Waals surface area contributed by atoms with Crippen LogP contribution >= 0.6 is 0 Å². The molecule has 4 rings (SSSR count). The third kappa shape index (κ3) is 11.0. The van der Waals surface area contributed by atoms with E-state index in [0.29, 0.717) is 40.5 Å². The molecular formula is C35H51N7O4. The molecule has 0 radical (unpaired) electrons. The molecule has 0 spiro atoms. The lowest BCUT2D eigenvalue weighted by Crippen LogP contribution is -2.25. The van der Waals surface area contributed by atoms with Crippen molar-refractivity contribution in [3.63, 3.8) is 0 Å². The van der Waals surface area contributed by atoms with E-state index in [1.54, 1.807) is 29.8 Å². The van der Waals surface area contributed by atoms with E-state index in [1.165, 1.54) is 26.0 Å². The van der Waals surface area contributed by atoms with Gasteiger partial charge in [0.1, 0.15) is 22.8 Å². The quantitative estimate of drug-likeness (QED) is 0.193. The van der Waals surface area contributed by atoms with Gasteiger partial charge >= 0.3 is 0 Å². The molecule has 1 saturated carbocycles. The van der Waals surface area contributed by atoms with Crippen molar-refractivity contribution in [2.24, 2.45) is 22.6 Å². The van der Waals surface area contributed by atoms with Crippen LogP contribution in [0.1, 0.15) is 105 Å². The number of methoxy groups -OCH3 is 1. The maximum atomic E-state index is 12.6. The van der Waals surface area contributed by atoms with Crippen LogP contribution in [0.3, 0.4) is 0 Å². The highest BCUT2D eigenvalue weighted by atomic mass is 16.5. The number of aromatic nitrogens is 2. The Kier molecular flexibility index (Phi) is 14.3. The van der Waals surface area contributed by atoms with E-state index in [1.807, 2.05) is 30.3 Å². The van der Waals surface area contributed by atoms with Crippen LogP contribution in [0, 0.1) is 5.41 Å². The summed E-state index contributed by atoms with van der Waals surface area (Å²) in [6, 6.07) is 14.7. The summed E-state index contributed by atoms with van der Waals surface area (Å²) in [5.41, 5.74) is 25.4. The van der Waals surface area contributed by atoms with Gasteiger partial charge in [-0.3, -0.25) is 14.4 Å². The first-order chi connectivity index (χ1) is 21.7. The number of hydrogen-bond donors (Lipinski definition) is 5. The van der Waals surface area contributed by atoms with Gasteiger partial charge in [0.05, 0.1) is 18.7 Å². The number of carbonyl (C=O) groups is 3. The summed E-state index contributed by atoms with van der Waals surface area (Å²) < 4.78 is 7.05. The minimum atomic E-state index is -0.590. The lowest BCUT2D eigenvalue weighted by atomic mass is 9.75. The first-order valence-corrected chi connectivity index (χ1v) is 15.7. The summed E-state index contributed by atoms with van der Waals surface area (Å²) in [7, 11) is 1.54. The van der Waals surface area contributed by atoms with Crippen molar-refractivity contribution in [1.29, 1.82) is 0 Å². The topological polar surface area (TPSA) is 194 Å². The SMILES string of the molecule is C/C(N)=C/C(N)=O.CCCC.COc1ccccc1C(=O)NCc1ccc(-c2nn(C3CCC(C)(C)CC3)c(N)c2C(N)=O)cc1. The molecule has 1 heterocycles. The van der Waals surface area contributed by atoms with Gasteiger partial charge in [-0.2, -0.15) is 5.10 Å². The summed E-state index contributed by atoms with van der Waals surface area (Å²) in [4.78, 5) is 34.7. The highest BCUT2D eigenvalue weighted by Crippen LogP contribution is 2.42. The number of hydrogen-bond acceptors (Lipinski definition) is 7. The van der Waals surface area contributed by atoms with Crippen LogP contribution in [0.5, 0.6) is 5.75 Å². The first-order valence-electron chi connectivity index (χ1n) is 15.7. The largest absolute Gasteiger partial charge is 0.496 e. The number of benzene rings is 2. The third-order valence-electron chi connectivity index (χ3n) is 7.75. The molecule has 0 unspecified atom stereocenters. The van der Waals surface area contributed by atoms with E-state index in [2.05, 4.69) is 33.0 Å². The van der Waals surface area contributed by atoms with Crippen LogP contribution in [-0.4, -0.2) is 34.6 Å². The second-order valence-corrected chi connectivity index (χ2v) is 12.2. The lowest BCUT2D eigenvalue weighted by Gasteiger charge is -2.34. The van der Waals surface area contributed by atoms with Crippen molar-refractivity contribution >= 4 is 23.5 Å². The maximum absolute atomic E-state index is 12.6. The summed E-state index contributed by atoms with van der Waals surface area (Å²) in [5.74, 6) is -0.461. The van der Waals surface area contributed by atoms with Gasteiger partial charge in [-0.25, -0.2) is 4.68 Å². The number of ether oxygens (including phenoxy) is 1. The number of rotatable bonds is 9. The molecule has 0 bridgehead atoms. The summed E-state index contributed by atoms with van der Waals surface area (Å²) >= 11 is 0. The van der Waals surface area contributed by atoms with Gasteiger partial charge in [-0.15, -0.1) is 0 Å². The summed E-state index contributed by atoms with van der Waals surface area (Å²) in [6.07, 6.45) is 7.88. The van der Waals surface area contributed by atoms with Gasteiger partial charge in [0.25, 0.3) is 11.8 Å². The Morgan fingerprint density at radius 2 is 1.59 bits per heavy atom. The van der Waals surface area contributed by atoms with Gasteiger partial charge in [0, 0.05) is 23.9 Å². The standard InChI is InChI=1S/C27H33N5O3.C4H8N2O.C4H10/c1-27(2)14-12-19(13-15-27)32-24(28)22(25(29)33)23(31-32)18-10-8-17(9-11-18)16-30-26(34)20-6-4-5-7-21(20)35-3;1-3(5)2-4(6)7;1-3-4-2/h4-11,19H,12-16,28H2,1-3H3,(H2,29,33)(H,30,34);2H,5H2,1H3,(H2,6,7);3-4H2,1-2H3/b;3-2-;. The molecule has 11 heteroatoms. The molecule has 250 valence electrons. The Morgan fingerprint density at radius 3 is 2.07 bits per heavy atom. The average molecular weight is 634 g/mol. The number of nitrogens with two attached hydrogens (primary N) is 4. The van der Waals surface area contributed by atoms with E-state index in [0.717, 1.165) is 36.8 Å². The smallest absolute Gasteiger partial charge is 0.255 e. The number of nitrogens with one attached hydrogen (secondary N) is 1. The first kappa shape index (κ1) is 37.4. The highest BCUT2D eigenvalue weighted by molar-refractivity contribution is 6.03. The Labute approximate surface area is 272 Å². The van der Waals surface area contributed by atoms with Gasteiger partial charge in [0.15, 0.2) is 0 Å². The Hall–Kier alpha value is -4.80. The Bertz CT molecular complexity index is 1480. The predicted molar refractivity (Wildman–Crippen MR) is 184 cm³/mol. The highest BCUT2D eigenvalue weighted by Gasteiger charge is 2.31. The minimum absolute atomic E-state index is 0.152. The van der Waals surface area contributed by atoms with Crippen molar-refractivity contribution in [1.82, 2.24) is 15.1 Å². The fourth-order valence-electron chi connectivity index (χ4n) is 4.91. The molecule has 0 aliphatic heterocycles. The molecule has 11 nitrogen and oxygen atoms in total. The van der Waals surface area contributed by atoms with E-state index in [-0.39, 0.29) is 17.5 Å². The third-order valence-corrected chi connectivity index (χ3v) is 7.75. The van der Waals surface area contributed by atoms with Crippen molar-refractivity contribution in [3.8, 4) is 17.0 Å². The second-order valence-electron chi connectivity index (χ2n) is 12.2. The van der Waals surface area contributed by atoms with Gasteiger partial charge < -0.3 is 33.0 Å². The van der Waals surface area contributed by atoms with Crippen LogP contribution in [0.4, 0.5) is 5.82 Å². The Balaban J connectivity index is 0.000000577. The van der Waals surface area contributed by atoms with Crippen molar-refractivity contribution in [2.45, 2.75) is 85.7 Å². The molecule has 1 aliphatic rings. The molecule has 46 heavy (non-hydrogen) atoms. The molecule has 1 fully saturated rings. The number of carbonyl (C=O) groups excluding carboxylic acids is 3. The van der Waals surface area contributed by atoms with E-state index in [9.17, 15) is 14.4 Å². The zero-order valence-corrected chi connectivity index (χ0v) is 28.1. The second kappa shape index (κ2) is 17.6. The number of allylic oxidation sites excluding steroid dienone is 1. The fraction of sp³-hybridized carbons (Fsp3) is 0.429. The fourth-order valence-corrected chi connectivity index (χ4v) is 4.91. The molecule has 3 aromatic rings. The molecule has 9 N–H and O–H groups in total. The molecule has 0 atom stereocenters. The van der Waals surface area contributed by atoms with Crippen LogP contribution in [0.15, 0.2) is 60.3 Å². The molecule has 2 aromatic carbocycles. The number of para-hydroxylation sites is 1. The predicted octanol–water partition coefficient (Wildman–Crippen LogP) is 5.45. The van der Waals surface area contributed by atoms with Crippen LogP contribution in [-0.2, 0) is 11.3 Å². The lowest BCUT2D eigenvalue weighted by molar-refractivity contribution is -0.113. The zero-order chi connectivity index (χ0) is 34.4. The number of nitrogens with zero attached hydrogens (tertiary/aromatic N) is 2. The van der Waals surface area contributed by atoms with Crippen LogP contribution in [0.25, 0.3) is 11.3 Å². The number of nitrogen functional groups attached to an aromatic ring is 1. The molecular weight excluding hydrogens is 582 g/mol. The number of amides is 3. The minimum Gasteiger partial charge on any atom is -0.496 e. The van der Waals surface area contributed by atoms with Crippen LogP contribution < -0.4 is 33.0 Å². The normalized spacial score (nSPS) is 14.2. The zero-order valence-electron chi connectivity index (χ0n) is 28.1. The van der Waals surface area contributed by atoms with Crippen molar-refractivity contribution in [3.05, 3.63) is 77.0 Å². The van der Waals surface area contributed by atoms with Crippen molar-refractivity contribution in [2.75, 3.05) is 12.8 Å². The van der Waals surface area contributed by atoms with Gasteiger partial charge in [0.2, 0.25) is 5.91 Å². The summed E-state index contributed by atoms with van der Waals surface area (Å²) in [5, 5.41) is 7.65. The Morgan fingerprint density at radius 1 is 1.00 bits per heavy atom. The number of primary amides is 2. The van der Waals surface area contributed by atoms with E-state index < -0.39 is 11.8 Å². The molecule has 3 amide bonds. The monoisotopic (exact) mass is 633 g/mol.